The maximum atomic E-state index is 2.99. The van der Waals surface area contributed by atoms with E-state index in [1.165, 1.54) is 18.5 Å². The summed E-state index contributed by atoms with van der Waals surface area (Å²) in [4.78, 5) is 0. The molecule has 1 aliphatic carbocycles. The van der Waals surface area contributed by atoms with Crippen molar-refractivity contribution >= 4 is 7.92 Å². The summed E-state index contributed by atoms with van der Waals surface area (Å²) < 4.78 is 0. The molecule has 0 saturated heterocycles. The van der Waals surface area contributed by atoms with Crippen LogP contribution in [0.2, 0.25) is 0 Å². The van der Waals surface area contributed by atoms with E-state index < -0.39 is 0 Å². The van der Waals surface area contributed by atoms with Crippen molar-refractivity contribution in [3.8, 4) is 0 Å². The van der Waals surface area contributed by atoms with Gasteiger partial charge in [-0.3, -0.25) is 6.08 Å². The standard InChI is InChI=1S/C6H15P.C5H5.Cu/c1-4-7(5-2)6-3;1-2-4-5-3-1;/h4-6H2,1-3H3;1-3H,4H2;/q;-1;+1. The molecule has 0 bridgehead atoms. The van der Waals surface area contributed by atoms with Crippen LogP contribution in [0.25, 0.3) is 0 Å². The summed E-state index contributed by atoms with van der Waals surface area (Å²) in [7, 11) is 0.446. The zero-order chi connectivity index (χ0) is 9.23. The van der Waals surface area contributed by atoms with Crippen LogP contribution in [-0.4, -0.2) is 18.5 Å². The molecule has 0 nitrogen and oxygen atoms in total. The Morgan fingerprint density at radius 1 is 1.15 bits per heavy atom. The Kier molecular flexibility index (Phi) is 15.2. The Morgan fingerprint density at radius 2 is 1.69 bits per heavy atom. The van der Waals surface area contributed by atoms with E-state index in [1.807, 2.05) is 12.2 Å². The maximum absolute atomic E-state index is 2.99. The van der Waals surface area contributed by atoms with E-state index in [2.05, 4.69) is 32.9 Å². The van der Waals surface area contributed by atoms with Crippen LogP contribution in [-0.2, 0) is 17.1 Å². The van der Waals surface area contributed by atoms with Gasteiger partial charge in [0, 0.05) is 0 Å². The second-order valence-corrected chi connectivity index (χ2v) is 5.86. The van der Waals surface area contributed by atoms with Crippen LogP contribution in [0.5, 0.6) is 0 Å². The third kappa shape index (κ3) is 10.3. The molecule has 0 aliphatic heterocycles. The molecular formula is C11H20CuP. The van der Waals surface area contributed by atoms with Crippen LogP contribution in [0.3, 0.4) is 0 Å². The van der Waals surface area contributed by atoms with Gasteiger partial charge in [-0.2, -0.15) is 6.08 Å². The summed E-state index contributed by atoms with van der Waals surface area (Å²) in [5, 5.41) is 0. The quantitative estimate of drug-likeness (QED) is 0.403. The molecule has 0 aromatic heterocycles. The molecule has 0 spiro atoms. The average Bonchev–Trinajstić information content (AvgIpc) is 2.64. The molecule has 0 aromatic rings. The predicted octanol–water partition coefficient (Wildman–Crippen LogP) is 3.83. The van der Waals surface area contributed by atoms with Crippen molar-refractivity contribution in [1.29, 1.82) is 0 Å². The first-order chi connectivity index (χ1) is 5.85. The SMILES string of the molecule is CCP(CC)CC.[C-]1=CC=CC1.[Cu+]. The molecule has 0 heterocycles. The Balaban J connectivity index is 0. The van der Waals surface area contributed by atoms with Crippen molar-refractivity contribution < 1.29 is 17.1 Å². The van der Waals surface area contributed by atoms with Gasteiger partial charge in [0.2, 0.25) is 0 Å². The second kappa shape index (κ2) is 12.4. The van der Waals surface area contributed by atoms with E-state index in [0.29, 0.717) is 7.92 Å². The van der Waals surface area contributed by atoms with Gasteiger partial charge in [-0.25, -0.2) is 12.2 Å². The molecule has 80 valence electrons. The van der Waals surface area contributed by atoms with Gasteiger partial charge in [0.05, 0.1) is 0 Å². The molecular weight excluding hydrogens is 227 g/mol. The zero-order valence-electron chi connectivity index (χ0n) is 8.81. The number of hydrogen-bond donors (Lipinski definition) is 0. The summed E-state index contributed by atoms with van der Waals surface area (Å²) in [5.41, 5.74) is 0. The monoisotopic (exact) mass is 246 g/mol. The van der Waals surface area contributed by atoms with Crippen molar-refractivity contribution in [2.75, 3.05) is 18.5 Å². The van der Waals surface area contributed by atoms with E-state index in [4.69, 9.17) is 0 Å². The molecule has 0 atom stereocenters. The van der Waals surface area contributed by atoms with Gasteiger partial charge in [0.15, 0.2) is 0 Å². The Labute approximate surface area is 95.1 Å². The first-order valence-corrected chi connectivity index (χ1v) is 6.68. The summed E-state index contributed by atoms with van der Waals surface area (Å²) in [6.45, 7) is 6.87. The summed E-state index contributed by atoms with van der Waals surface area (Å²) in [5.74, 6) is 0. The molecule has 2 heteroatoms. The van der Waals surface area contributed by atoms with Crippen LogP contribution in [0.4, 0.5) is 0 Å². The fraction of sp³-hybridized carbons (Fsp3) is 0.636. The third-order valence-electron chi connectivity index (χ3n) is 1.93. The number of allylic oxidation sites excluding steroid dienone is 4. The Bertz CT molecular complexity index is 122. The minimum absolute atomic E-state index is 0. The minimum Gasteiger partial charge on any atom is -0.273 e. The van der Waals surface area contributed by atoms with Crippen LogP contribution in [0, 0.1) is 6.08 Å². The summed E-state index contributed by atoms with van der Waals surface area (Å²) >= 11 is 0. The van der Waals surface area contributed by atoms with Gasteiger partial charge in [-0.05, 0) is 18.5 Å². The second-order valence-electron chi connectivity index (χ2n) is 2.62. The van der Waals surface area contributed by atoms with Crippen LogP contribution in [0.15, 0.2) is 18.2 Å². The van der Waals surface area contributed by atoms with Gasteiger partial charge in [0.25, 0.3) is 0 Å². The van der Waals surface area contributed by atoms with Gasteiger partial charge in [0.1, 0.15) is 0 Å². The molecule has 0 fully saturated rings. The Hall–Kier alpha value is 0.429. The van der Waals surface area contributed by atoms with Crippen LogP contribution < -0.4 is 0 Å². The van der Waals surface area contributed by atoms with Crippen molar-refractivity contribution in [1.82, 2.24) is 0 Å². The molecule has 13 heavy (non-hydrogen) atoms. The minimum atomic E-state index is 0. The van der Waals surface area contributed by atoms with Crippen LogP contribution in [0.1, 0.15) is 27.2 Å². The molecule has 1 rings (SSSR count). The average molecular weight is 247 g/mol. The predicted molar refractivity (Wildman–Crippen MR) is 60.1 cm³/mol. The smallest absolute Gasteiger partial charge is 0.273 e. The van der Waals surface area contributed by atoms with E-state index in [-0.39, 0.29) is 17.1 Å². The van der Waals surface area contributed by atoms with Crippen molar-refractivity contribution in [2.24, 2.45) is 0 Å². The van der Waals surface area contributed by atoms with Gasteiger partial charge < -0.3 is 0 Å². The van der Waals surface area contributed by atoms with E-state index in [9.17, 15) is 0 Å². The van der Waals surface area contributed by atoms with Crippen LogP contribution >= 0.6 is 7.92 Å². The first kappa shape index (κ1) is 15.9. The zero-order valence-corrected chi connectivity index (χ0v) is 10.6. The topological polar surface area (TPSA) is 0 Å². The van der Waals surface area contributed by atoms with E-state index in [0.717, 1.165) is 6.42 Å². The van der Waals surface area contributed by atoms with Crippen molar-refractivity contribution in [3.05, 3.63) is 24.3 Å². The molecule has 0 aromatic carbocycles. The van der Waals surface area contributed by atoms with Gasteiger partial charge in [-0.1, -0.05) is 20.8 Å². The summed E-state index contributed by atoms with van der Waals surface area (Å²) in [6, 6.07) is 0. The van der Waals surface area contributed by atoms with Gasteiger partial charge in [-0.15, -0.1) is 14.3 Å². The third-order valence-corrected chi connectivity index (χ3v) is 4.61. The normalized spacial score (nSPS) is 12.3. The Morgan fingerprint density at radius 3 is 1.77 bits per heavy atom. The number of rotatable bonds is 3. The van der Waals surface area contributed by atoms with E-state index >= 15 is 0 Å². The molecule has 0 saturated carbocycles. The molecule has 0 unspecified atom stereocenters. The molecule has 1 aliphatic rings. The fourth-order valence-corrected chi connectivity index (χ4v) is 2.35. The largest absolute Gasteiger partial charge is 1.00 e. The van der Waals surface area contributed by atoms with Crippen molar-refractivity contribution in [2.45, 2.75) is 27.2 Å². The first-order valence-electron chi connectivity index (χ1n) is 4.79. The maximum Gasteiger partial charge on any atom is 1.00 e. The summed E-state index contributed by atoms with van der Waals surface area (Å²) in [6.07, 6.45) is 14.3. The molecule has 0 amide bonds. The van der Waals surface area contributed by atoms with Crippen molar-refractivity contribution in [3.63, 3.8) is 0 Å². The number of hydrogen-bond acceptors (Lipinski definition) is 0. The molecule has 0 N–H and O–H groups in total. The van der Waals surface area contributed by atoms with E-state index in [1.54, 1.807) is 0 Å². The molecule has 0 radical (unpaired) electrons. The fourth-order valence-electron chi connectivity index (χ4n) is 1.01. The van der Waals surface area contributed by atoms with Gasteiger partial charge >= 0.3 is 17.1 Å².